The molecule has 0 aromatic heterocycles. The number of carbonyl (C=O) groups is 2. The number of rotatable bonds is 59. The van der Waals surface area contributed by atoms with Gasteiger partial charge in [0.15, 0.2) is 0 Å². The summed E-state index contributed by atoms with van der Waals surface area (Å²) in [4.78, 5) is 24.6. The summed E-state index contributed by atoms with van der Waals surface area (Å²) in [5.74, 6) is -0.0636. The van der Waals surface area contributed by atoms with Crippen molar-refractivity contribution in [3.63, 3.8) is 0 Å². The summed E-state index contributed by atoms with van der Waals surface area (Å²) < 4.78 is 5.49. The van der Waals surface area contributed by atoms with E-state index in [1.54, 1.807) is 6.08 Å². The van der Waals surface area contributed by atoms with Gasteiger partial charge in [0, 0.05) is 12.8 Å². The summed E-state index contributed by atoms with van der Waals surface area (Å²) in [7, 11) is 0. The molecule has 2 unspecified atom stereocenters. The SMILES string of the molecule is CCCCCC/C=C\C/C=C\CCCCCCCCCC(=O)OCCCCCCCCCCCCCCCCCCCCCCCC(=O)NC(CO)C(O)/C=C/CCCCCCCCCCCCCCC. The van der Waals surface area contributed by atoms with E-state index >= 15 is 0 Å². The Morgan fingerprint density at radius 3 is 1.08 bits per heavy atom. The predicted octanol–water partition coefficient (Wildman–Crippen LogP) is 20.0. The minimum Gasteiger partial charge on any atom is -0.466 e. The second-order valence-corrected chi connectivity index (χ2v) is 21.7. The second-order valence-electron chi connectivity index (χ2n) is 21.7. The lowest BCUT2D eigenvalue weighted by Gasteiger charge is -2.20. The molecule has 418 valence electrons. The number of amides is 1. The smallest absolute Gasteiger partial charge is 0.305 e. The van der Waals surface area contributed by atoms with Gasteiger partial charge < -0.3 is 20.3 Å². The maximum absolute atomic E-state index is 12.5. The van der Waals surface area contributed by atoms with Crippen LogP contribution in [0, 0.1) is 0 Å². The number of allylic oxidation sites excluding steroid dienone is 5. The molecule has 0 heterocycles. The summed E-state index contributed by atoms with van der Waals surface area (Å²) in [5.41, 5.74) is 0. The van der Waals surface area contributed by atoms with Crippen molar-refractivity contribution in [3.05, 3.63) is 36.5 Å². The molecule has 1 amide bonds. The minimum atomic E-state index is -0.845. The van der Waals surface area contributed by atoms with Crippen LogP contribution in [-0.2, 0) is 14.3 Å². The fraction of sp³-hybridized carbons (Fsp3) is 0.877. The van der Waals surface area contributed by atoms with Crippen LogP contribution in [0.3, 0.4) is 0 Å². The Morgan fingerprint density at radius 1 is 0.394 bits per heavy atom. The highest BCUT2D eigenvalue weighted by atomic mass is 16.5. The monoisotopic (exact) mass is 998 g/mol. The standard InChI is InChI=1S/C65H123NO5/c1-3-5-7-9-11-13-15-17-19-20-27-31-35-39-43-47-51-55-59-65(70)71-60-56-52-48-44-40-36-32-28-25-23-21-22-24-26-30-34-38-42-46-50-54-58-64(69)66-62(61-67)63(68)57-53-49-45-41-37-33-29-18-16-14-12-10-8-6-4-2/h13,15,19-20,53,57,62-63,67-68H,3-12,14,16-18,21-52,54-56,58-61H2,1-2H3,(H,66,69)/b15-13-,20-19-,57-53+. The molecule has 2 atom stereocenters. The summed E-state index contributed by atoms with van der Waals surface area (Å²) in [6.45, 7) is 4.90. The van der Waals surface area contributed by atoms with E-state index in [0.29, 0.717) is 19.4 Å². The van der Waals surface area contributed by atoms with Gasteiger partial charge in [0.2, 0.25) is 5.91 Å². The molecule has 0 aromatic rings. The van der Waals surface area contributed by atoms with Gasteiger partial charge in [0.1, 0.15) is 0 Å². The highest BCUT2D eigenvalue weighted by Gasteiger charge is 2.18. The molecule has 0 radical (unpaired) electrons. The first-order chi connectivity index (χ1) is 35.0. The molecule has 6 nitrogen and oxygen atoms in total. The quantitative estimate of drug-likeness (QED) is 0.0321. The summed E-state index contributed by atoms with van der Waals surface area (Å²) in [6.07, 6.45) is 76.1. The molecular weight excluding hydrogens is 875 g/mol. The second kappa shape index (κ2) is 60.6. The highest BCUT2D eigenvalue weighted by molar-refractivity contribution is 5.76. The van der Waals surface area contributed by atoms with E-state index in [9.17, 15) is 19.8 Å². The third kappa shape index (κ3) is 57.2. The van der Waals surface area contributed by atoms with Crippen LogP contribution in [0.1, 0.15) is 341 Å². The zero-order valence-corrected chi connectivity index (χ0v) is 47.7. The summed E-state index contributed by atoms with van der Waals surface area (Å²) >= 11 is 0. The first kappa shape index (κ1) is 69.1. The zero-order valence-electron chi connectivity index (χ0n) is 47.7. The Balaban J connectivity index is 3.40. The number of ether oxygens (including phenoxy) is 1. The average Bonchev–Trinajstić information content (AvgIpc) is 3.37. The van der Waals surface area contributed by atoms with Crippen LogP contribution in [0.2, 0.25) is 0 Å². The number of aliphatic hydroxyl groups is 2. The molecule has 0 bridgehead atoms. The van der Waals surface area contributed by atoms with Gasteiger partial charge in [0.05, 0.1) is 25.4 Å². The van der Waals surface area contributed by atoms with Crippen molar-refractivity contribution >= 4 is 11.9 Å². The van der Waals surface area contributed by atoms with Gasteiger partial charge in [-0.3, -0.25) is 9.59 Å². The van der Waals surface area contributed by atoms with Gasteiger partial charge in [-0.2, -0.15) is 0 Å². The number of aliphatic hydroxyl groups excluding tert-OH is 2. The van der Waals surface area contributed by atoms with E-state index < -0.39 is 12.1 Å². The first-order valence-electron chi connectivity index (χ1n) is 31.8. The van der Waals surface area contributed by atoms with Crippen LogP contribution >= 0.6 is 0 Å². The van der Waals surface area contributed by atoms with Crippen LogP contribution in [-0.4, -0.2) is 47.4 Å². The molecule has 0 aromatic carbocycles. The van der Waals surface area contributed by atoms with Crippen LogP contribution in [0.15, 0.2) is 36.5 Å². The fourth-order valence-corrected chi connectivity index (χ4v) is 9.78. The maximum Gasteiger partial charge on any atom is 0.305 e. The molecule has 0 aliphatic rings. The van der Waals surface area contributed by atoms with Gasteiger partial charge in [-0.15, -0.1) is 0 Å². The van der Waals surface area contributed by atoms with E-state index in [-0.39, 0.29) is 18.5 Å². The van der Waals surface area contributed by atoms with Gasteiger partial charge in [-0.05, 0) is 64.2 Å². The van der Waals surface area contributed by atoms with E-state index in [0.717, 1.165) is 51.4 Å². The first-order valence-corrected chi connectivity index (χ1v) is 31.8. The third-order valence-corrected chi connectivity index (χ3v) is 14.7. The Kier molecular flexibility index (Phi) is 59.0. The van der Waals surface area contributed by atoms with Crippen LogP contribution < -0.4 is 5.32 Å². The van der Waals surface area contributed by atoms with Gasteiger partial charge in [-0.1, -0.05) is 301 Å². The lowest BCUT2D eigenvalue weighted by Crippen LogP contribution is -2.45. The summed E-state index contributed by atoms with van der Waals surface area (Å²) in [5, 5.41) is 23.1. The van der Waals surface area contributed by atoms with Crippen LogP contribution in [0.5, 0.6) is 0 Å². The van der Waals surface area contributed by atoms with Crippen molar-refractivity contribution in [2.45, 2.75) is 353 Å². The molecule has 0 rings (SSSR count). The zero-order chi connectivity index (χ0) is 51.4. The van der Waals surface area contributed by atoms with E-state index in [1.807, 2.05) is 6.08 Å². The largest absolute Gasteiger partial charge is 0.466 e. The summed E-state index contributed by atoms with van der Waals surface area (Å²) in [6, 6.07) is -0.629. The van der Waals surface area contributed by atoms with E-state index in [2.05, 4.69) is 43.5 Å². The van der Waals surface area contributed by atoms with Gasteiger partial charge >= 0.3 is 5.97 Å². The highest BCUT2D eigenvalue weighted by Crippen LogP contribution is 2.17. The lowest BCUT2D eigenvalue weighted by atomic mass is 10.0. The molecule has 71 heavy (non-hydrogen) atoms. The molecule has 0 saturated heterocycles. The van der Waals surface area contributed by atoms with Gasteiger partial charge in [-0.25, -0.2) is 0 Å². The molecule has 0 aliphatic heterocycles. The molecule has 0 spiro atoms. The number of carbonyl (C=O) groups excluding carboxylic acids is 2. The normalized spacial score (nSPS) is 12.8. The molecule has 3 N–H and O–H groups in total. The third-order valence-electron chi connectivity index (χ3n) is 14.7. The Labute approximate surface area is 443 Å². The number of hydrogen-bond donors (Lipinski definition) is 3. The minimum absolute atomic E-state index is 0.00420. The number of esters is 1. The van der Waals surface area contributed by atoms with Crippen molar-refractivity contribution in [2.75, 3.05) is 13.2 Å². The van der Waals surface area contributed by atoms with Crippen LogP contribution in [0.25, 0.3) is 0 Å². The van der Waals surface area contributed by atoms with Crippen molar-refractivity contribution in [1.29, 1.82) is 0 Å². The molecule has 0 saturated carbocycles. The van der Waals surface area contributed by atoms with Crippen molar-refractivity contribution in [1.82, 2.24) is 5.32 Å². The topological polar surface area (TPSA) is 95.9 Å². The van der Waals surface area contributed by atoms with E-state index in [1.165, 1.54) is 263 Å². The van der Waals surface area contributed by atoms with E-state index in [4.69, 9.17) is 4.74 Å². The predicted molar refractivity (Wildman–Crippen MR) is 310 cm³/mol. The molecule has 6 heteroatoms. The van der Waals surface area contributed by atoms with Gasteiger partial charge in [0.25, 0.3) is 0 Å². The van der Waals surface area contributed by atoms with Crippen LogP contribution in [0.4, 0.5) is 0 Å². The Hall–Kier alpha value is -1.92. The Bertz CT molecular complexity index is 1150. The number of hydrogen-bond acceptors (Lipinski definition) is 5. The number of nitrogens with one attached hydrogen (secondary N) is 1. The maximum atomic E-state index is 12.5. The lowest BCUT2D eigenvalue weighted by molar-refractivity contribution is -0.143. The molecule has 0 aliphatic carbocycles. The molecular formula is C65H123NO5. The number of unbranched alkanes of at least 4 members (excludes halogenated alkanes) is 44. The van der Waals surface area contributed by atoms with Crippen molar-refractivity contribution < 1.29 is 24.5 Å². The fourth-order valence-electron chi connectivity index (χ4n) is 9.78. The molecule has 0 fully saturated rings. The average molecular weight is 999 g/mol. The van der Waals surface area contributed by atoms with Crippen molar-refractivity contribution in [2.24, 2.45) is 0 Å². The van der Waals surface area contributed by atoms with Crippen molar-refractivity contribution in [3.8, 4) is 0 Å². The Morgan fingerprint density at radius 2 is 0.704 bits per heavy atom.